The van der Waals surface area contributed by atoms with Crippen molar-refractivity contribution < 1.29 is 13.2 Å². The topological polar surface area (TPSA) is 70.2 Å². The van der Waals surface area contributed by atoms with Gasteiger partial charge in [-0.15, -0.1) is 0 Å². The number of nitrogens with zero attached hydrogens (tertiary/aromatic N) is 1. The van der Waals surface area contributed by atoms with E-state index in [1.807, 2.05) is 18.2 Å². The number of hydrogen-bond donors (Lipinski definition) is 1. The predicted molar refractivity (Wildman–Crippen MR) is 107 cm³/mol. The highest BCUT2D eigenvalue weighted by molar-refractivity contribution is 7.89. The first-order valence-electron chi connectivity index (χ1n) is 9.54. The summed E-state index contributed by atoms with van der Waals surface area (Å²) in [6.45, 7) is 7.71. The minimum absolute atomic E-state index is 0.0246. The van der Waals surface area contributed by atoms with Crippen LogP contribution in [0.5, 0.6) is 0 Å². The second-order valence-corrected chi connectivity index (χ2v) is 11.9. The molecule has 1 saturated carbocycles. The van der Waals surface area contributed by atoms with E-state index >= 15 is 0 Å². The largest absolute Gasteiger partial charge is 0.361 e. The fourth-order valence-electron chi connectivity index (χ4n) is 5.58. The maximum Gasteiger partial charge on any atom is 0.254 e. The van der Waals surface area contributed by atoms with Gasteiger partial charge in [0.15, 0.2) is 9.84 Å². The number of hydrogen-bond acceptors (Lipinski definition) is 3. The average molecular weight is 389 g/mol. The number of carbonyl (C=O) groups is 1. The normalized spacial score (nSPS) is 27.3. The Morgan fingerprint density at radius 2 is 2.00 bits per heavy atom. The van der Waals surface area contributed by atoms with Crippen LogP contribution in [-0.4, -0.2) is 43.1 Å². The molecular weight excluding hydrogens is 360 g/mol. The smallest absolute Gasteiger partial charge is 0.254 e. The van der Waals surface area contributed by atoms with Crippen molar-refractivity contribution in [2.75, 3.05) is 12.8 Å². The van der Waals surface area contributed by atoms with Crippen molar-refractivity contribution in [1.29, 1.82) is 0 Å². The Morgan fingerprint density at radius 1 is 1.26 bits per heavy atom. The zero-order chi connectivity index (χ0) is 19.6. The number of rotatable bonds is 3. The van der Waals surface area contributed by atoms with Gasteiger partial charge in [-0.05, 0) is 53.9 Å². The van der Waals surface area contributed by atoms with Gasteiger partial charge in [0, 0.05) is 41.5 Å². The number of H-pyrrole nitrogens is 1. The monoisotopic (exact) mass is 388 g/mol. The molecule has 2 aromatic rings. The molecule has 2 heterocycles. The summed E-state index contributed by atoms with van der Waals surface area (Å²) in [7, 11) is -3.14. The zero-order valence-corrected chi connectivity index (χ0v) is 17.3. The summed E-state index contributed by atoms with van der Waals surface area (Å²) in [4.78, 5) is 18.5. The van der Waals surface area contributed by atoms with E-state index in [1.54, 1.807) is 6.20 Å². The molecule has 2 aliphatic rings. The van der Waals surface area contributed by atoms with Gasteiger partial charge in [-0.25, -0.2) is 8.42 Å². The Kier molecular flexibility index (Phi) is 4.01. The number of amides is 1. The van der Waals surface area contributed by atoms with Gasteiger partial charge < -0.3 is 9.88 Å². The predicted octanol–water partition coefficient (Wildman–Crippen LogP) is 3.75. The van der Waals surface area contributed by atoms with Crippen LogP contribution in [0.1, 0.15) is 56.0 Å². The number of sulfone groups is 1. The van der Waals surface area contributed by atoms with Crippen LogP contribution in [0.4, 0.5) is 0 Å². The standard InChI is InChI=1S/C21H28N2O3S/c1-20(2)8-16-9-21(3,12-20)13-23(16)19(24)14-5-6-18-17(7-14)15(10-22-18)11-27(4,25)26/h5-7,10,16,22H,8-9,11-13H2,1-4H3. The summed E-state index contributed by atoms with van der Waals surface area (Å²) in [5.41, 5.74) is 2.68. The summed E-state index contributed by atoms with van der Waals surface area (Å²) in [6, 6.07) is 5.87. The van der Waals surface area contributed by atoms with Crippen molar-refractivity contribution in [3.63, 3.8) is 0 Å². The summed E-state index contributed by atoms with van der Waals surface area (Å²) < 4.78 is 23.4. The Balaban J connectivity index is 1.66. The highest BCUT2D eigenvalue weighted by Crippen LogP contribution is 2.52. The van der Waals surface area contributed by atoms with Gasteiger partial charge in [-0.1, -0.05) is 20.8 Å². The van der Waals surface area contributed by atoms with E-state index in [4.69, 9.17) is 0 Å². The number of aromatic amines is 1. The van der Waals surface area contributed by atoms with Crippen molar-refractivity contribution in [2.45, 2.75) is 51.8 Å². The maximum absolute atomic E-state index is 13.3. The fourth-order valence-corrected chi connectivity index (χ4v) is 6.38. The van der Waals surface area contributed by atoms with E-state index in [9.17, 15) is 13.2 Å². The van der Waals surface area contributed by atoms with Gasteiger partial charge >= 0.3 is 0 Å². The van der Waals surface area contributed by atoms with Crippen LogP contribution in [0.2, 0.25) is 0 Å². The van der Waals surface area contributed by atoms with Crippen LogP contribution in [0, 0.1) is 10.8 Å². The van der Waals surface area contributed by atoms with Crippen molar-refractivity contribution in [3.05, 3.63) is 35.5 Å². The molecule has 5 nitrogen and oxygen atoms in total. The molecule has 27 heavy (non-hydrogen) atoms. The molecule has 0 radical (unpaired) electrons. The molecule has 2 fully saturated rings. The van der Waals surface area contributed by atoms with E-state index < -0.39 is 9.84 Å². The molecule has 0 spiro atoms. The molecule has 1 aromatic heterocycles. The molecule has 1 aromatic carbocycles. The van der Waals surface area contributed by atoms with Crippen LogP contribution < -0.4 is 0 Å². The van der Waals surface area contributed by atoms with Gasteiger partial charge in [-0.3, -0.25) is 4.79 Å². The lowest BCUT2D eigenvalue weighted by Gasteiger charge is -2.39. The quantitative estimate of drug-likeness (QED) is 0.870. The molecule has 1 aliphatic carbocycles. The molecule has 1 amide bonds. The summed E-state index contributed by atoms with van der Waals surface area (Å²) in [5.74, 6) is 0.0401. The molecule has 2 bridgehead atoms. The minimum Gasteiger partial charge on any atom is -0.361 e. The molecule has 4 rings (SSSR count). The van der Waals surface area contributed by atoms with Crippen molar-refractivity contribution in [1.82, 2.24) is 9.88 Å². The Hall–Kier alpha value is -1.82. The summed E-state index contributed by atoms with van der Waals surface area (Å²) >= 11 is 0. The Labute approximate surface area is 161 Å². The molecule has 1 N–H and O–H groups in total. The molecule has 1 saturated heterocycles. The SMILES string of the molecule is CC1(C)CC2CC(C)(CN2C(=O)c2ccc3[nH]cc(CS(C)(=O)=O)c3c2)C1. The fraction of sp³-hybridized carbons (Fsp3) is 0.571. The second kappa shape index (κ2) is 5.84. The molecule has 1 aliphatic heterocycles. The second-order valence-electron chi connectivity index (χ2n) is 9.79. The molecule has 2 atom stereocenters. The van der Waals surface area contributed by atoms with Crippen LogP contribution in [0.3, 0.4) is 0 Å². The van der Waals surface area contributed by atoms with E-state index in [0.717, 1.165) is 42.3 Å². The molecule has 146 valence electrons. The van der Waals surface area contributed by atoms with E-state index in [0.29, 0.717) is 11.6 Å². The minimum atomic E-state index is -3.14. The first-order chi connectivity index (χ1) is 12.4. The highest BCUT2D eigenvalue weighted by atomic mass is 32.2. The Morgan fingerprint density at radius 3 is 2.70 bits per heavy atom. The van der Waals surface area contributed by atoms with Crippen LogP contribution in [0.15, 0.2) is 24.4 Å². The van der Waals surface area contributed by atoms with Gasteiger partial charge in [0.25, 0.3) is 5.91 Å². The Bertz CT molecular complexity index is 1020. The summed E-state index contributed by atoms with van der Waals surface area (Å²) in [5, 5.41) is 0.819. The number of fused-ring (bicyclic) bond motifs is 3. The molecular formula is C21H28N2O3S. The van der Waals surface area contributed by atoms with E-state index in [2.05, 4.69) is 30.7 Å². The lowest BCUT2D eigenvalue weighted by Crippen LogP contribution is -2.37. The van der Waals surface area contributed by atoms with Crippen LogP contribution in [-0.2, 0) is 15.6 Å². The number of aromatic nitrogens is 1. The lowest BCUT2D eigenvalue weighted by atomic mass is 9.65. The first kappa shape index (κ1) is 18.5. The van der Waals surface area contributed by atoms with Crippen LogP contribution >= 0.6 is 0 Å². The first-order valence-corrected chi connectivity index (χ1v) is 11.6. The third kappa shape index (κ3) is 3.51. The van der Waals surface area contributed by atoms with Gasteiger partial charge in [0.1, 0.15) is 0 Å². The number of likely N-dealkylation sites (tertiary alicyclic amines) is 1. The van der Waals surface area contributed by atoms with E-state index in [1.165, 1.54) is 6.26 Å². The zero-order valence-electron chi connectivity index (χ0n) is 16.5. The third-order valence-corrected chi connectivity index (χ3v) is 6.94. The molecule has 6 heteroatoms. The van der Waals surface area contributed by atoms with Crippen LogP contribution in [0.25, 0.3) is 10.9 Å². The number of carbonyl (C=O) groups excluding carboxylic acids is 1. The van der Waals surface area contributed by atoms with Crippen molar-refractivity contribution in [2.24, 2.45) is 10.8 Å². The third-order valence-electron chi connectivity index (χ3n) is 6.11. The van der Waals surface area contributed by atoms with Crippen molar-refractivity contribution in [3.8, 4) is 0 Å². The average Bonchev–Trinajstić information content (AvgIpc) is 3.01. The highest BCUT2D eigenvalue weighted by Gasteiger charge is 2.51. The van der Waals surface area contributed by atoms with E-state index in [-0.39, 0.29) is 22.5 Å². The number of nitrogens with one attached hydrogen (secondary N) is 1. The van der Waals surface area contributed by atoms with Gasteiger partial charge in [-0.2, -0.15) is 0 Å². The maximum atomic E-state index is 13.3. The lowest BCUT2D eigenvalue weighted by molar-refractivity contribution is 0.0708. The van der Waals surface area contributed by atoms with Crippen molar-refractivity contribution >= 4 is 26.6 Å². The van der Waals surface area contributed by atoms with Gasteiger partial charge in [0.05, 0.1) is 5.75 Å². The number of benzene rings is 1. The molecule has 2 unspecified atom stereocenters. The van der Waals surface area contributed by atoms with Gasteiger partial charge in [0.2, 0.25) is 0 Å². The summed E-state index contributed by atoms with van der Waals surface area (Å²) in [6.07, 6.45) is 6.23.